The fourth-order valence-electron chi connectivity index (χ4n) is 2.68. The fraction of sp³-hybridized carbons (Fsp3) is 0.600. The lowest BCUT2D eigenvalue weighted by molar-refractivity contribution is 0.151. The molecule has 0 amide bonds. The van der Waals surface area contributed by atoms with E-state index in [0.29, 0.717) is 16.8 Å². The Balaban J connectivity index is 2.20. The molecule has 0 atom stereocenters. The number of anilines is 2. The van der Waals surface area contributed by atoms with Gasteiger partial charge in [0.1, 0.15) is 0 Å². The first-order valence-electron chi connectivity index (χ1n) is 6.88. The Hall–Kier alpha value is -1.32. The second-order valence-electron chi connectivity index (χ2n) is 5.77. The number of hydrogen-bond donors (Lipinski definition) is 1. The van der Waals surface area contributed by atoms with Crippen molar-refractivity contribution in [2.24, 2.45) is 5.41 Å². The highest BCUT2D eigenvalue weighted by Gasteiger charge is 2.29. The van der Waals surface area contributed by atoms with Crippen LogP contribution >= 0.6 is 0 Å². The van der Waals surface area contributed by atoms with Crippen LogP contribution in [0, 0.1) is 5.41 Å². The first kappa shape index (κ1) is 14.1. The van der Waals surface area contributed by atoms with Gasteiger partial charge in [-0.2, -0.15) is 0 Å². The number of alkyl halides is 2. The fourth-order valence-corrected chi connectivity index (χ4v) is 2.68. The maximum Gasteiger partial charge on any atom is 0.265 e. The predicted octanol–water partition coefficient (Wildman–Crippen LogP) is 4.22. The van der Waals surface area contributed by atoms with Crippen LogP contribution in [-0.4, -0.2) is 13.1 Å². The van der Waals surface area contributed by atoms with Crippen LogP contribution in [0.3, 0.4) is 0 Å². The molecule has 0 bridgehead atoms. The predicted molar refractivity (Wildman–Crippen MR) is 75.7 cm³/mol. The molecule has 1 aliphatic heterocycles. The van der Waals surface area contributed by atoms with Crippen LogP contribution in [0.15, 0.2) is 18.2 Å². The van der Waals surface area contributed by atoms with Crippen molar-refractivity contribution in [3.63, 3.8) is 0 Å². The van der Waals surface area contributed by atoms with Crippen LogP contribution in [0.4, 0.5) is 20.2 Å². The molecule has 1 heterocycles. The van der Waals surface area contributed by atoms with E-state index in [1.54, 1.807) is 12.1 Å². The van der Waals surface area contributed by atoms with E-state index in [4.69, 9.17) is 5.73 Å². The smallest absolute Gasteiger partial charge is 0.265 e. The lowest BCUT2D eigenvalue weighted by Crippen LogP contribution is -2.38. The van der Waals surface area contributed by atoms with Crippen molar-refractivity contribution < 1.29 is 8.78 Å². The largest absolute Gasteiger partial charge is 0.399 e. The molecule has 4 heteroatoms. The van der Waals surface area contributed by atoms with E-state index in [1.807, 2.05) is 0 Å². The van der Waals surface area contributed by atoms with E-state index >= 15 is 0 Å². The molecule has 0 aliphatic carbocycles. The van der Waals surface area contributed by atoms with Crippen molar-refractivity contribution in [1.29, 1.82) is 0 Å². The van der Waals surface area contributed by atoms with Crippen LogP contribution in [0.25, 0.3) is 0 Å². The van der Waals surface area contributed by atoms with Gasteiger partial charge in [-0.3, -0.25) is 0 Å². The molecule has 1 aromatic rings. The summed E-state index contributed by atoms with van der Waals surface area (Å²) in [5.41, 5.74) is 7.06. The SMILES string of the molecule is CCC1(C)CCN(c2ccc(N)cc2C(F)F)CC1. The molecule has 2 nitrogen and oxygen atoms in total. The van der Waals surface area contributed by atoms with E-state index in [9.17, 15) is 8.78 Å². The van der Waals surface area contributed by atoms with Gasteiger partial charge in [-0.05, 0) is 36.5 Å². The molecule has 1 aromatic carbocycles. The Bertz CT molecular complexity index is 438. The summed E-state index contributed by atoms with van der Waals surface area (Å²) in [5.74, 6) is 0. The molecule has 0 spiro atoms. The van der Waals surface area contributed by atoms with Crippen LogP contribution in [0.1, 0.15) is 45.1 Å². The molecule has 2 N–H and O–H groups in total. The third-order valence-corrected chi connectivity index (χ3v) is 4.45. The van der Waals surface area contributed by atoms with Gasteiger partial charge in [-0.1, -0.05) is 20.3 Å². The Morgan fingerprint density at radius 3 is 2.47 bits per heavy atom. The van der Waals surface area contributed by atoms with Crippen molar-refractivity contribution in [3.8, 4) is 0 Å². The molecule has 0 aromatic heterocycles. The van der Waals surface area contributed by atoms with Crippen LogP contribution in [-0.2, 0) is 0 Å². The molecule has 0 saturated carbocycles. The Labute approximate surface area is 113 Å². The molecule has 19 heavy (non-hydrogen) atoms. The summed E-state index contributed by atoms with van der Waals surface area (Å²) in [4.78, 5) is 2.07. The molecule has 2 rings (SSSR count). The van der Waals surface area contributed by atoms with Crippen molar-refractivity contribution >= 4 is 11.4 Å². The number of piperidine rings is 1. The highest BCUT2D eigenvalue weighted by atomic mass is 19.3. The molecule has 106 valence electrons. The average molecular weight is 268 g/mol. The zero-order valence-corrected chi connectivity index (χ0v) is 11.6. The molecular formula is C15H22F2N2. The highest BCUT2D eigenvalue weighted by Crippen LogP contribution is 2.38. The first-order valence-corrected chi connectivity index (χ1v) is 6.88. The van der Waals surface area contributed by atoms with E-state index < -0.39 is 6.43 Å². The second kappa shape index (κ2) is 5.35. The van der Waals surface area contributed by atoms with Crippen LogP contribution in [0.5, 0.6) is 0 Å². The lowest BCUT2D eigenvalue weighted by atomic mass is 9.78. The third-order valence-electron chi connectivity index (χ3n) is 4.45. The molecule has 0 radical (unpaired) electrons. The van der Waals surface area contributed by atoms with Gasteiger partial charge < -0.3 is 10.6 Å². The number of nitrogens with two attached hydrogens (primary N) is 1. The van der Waals surface area contributed by atoms with E-state index in [0.717, 1.165) is 32.4 Å². The Morgan fingerprint density at radius 1 is 1.32 bits per heavy atom. The van der Waals surface area contributed by atoms with Gasteiger partial charge >= 0.3 is 0 Å². The van der Waals surface area contributed by atoms with Gasteiger partial charge in [0.05, 0.1) is 0 Å². The Kier molecular flexibility index (Phi) is 3.97. The van der Waals surface area contributed by atoms with Crippen LogP contribution in [0.2, 0.25) is 0 Å². The molecule has 1 aliphatic rings. The summed E-state index contributed by atoms with van der Waals surface area (Å²) >= 11 is 0. The number of nitrogen functional groups attached to an aromatic ring is 1. The molecule has 0 unspecified atom stereocenters. The molecular weight excluding hydrogens is 246 g/mol. The zero-order chi connectivity index (χ0) is 14.0. The number of rotatable bonds is 3. The summed E-state index contributed by atoms with van der Waals surface area (Å²) < 4.78 is 26.2. The van der Waals surface area contributed by atoms with E-state index in [-0.39, 0.29) is 5.56 Å². The van der Waals surface area contributed by atoms with Crippen molar-refractivity contribution in [2.45, 2.75) is 39.5 Å². The minimum atomic E-state index is -2.47. The normalized spacial score (nSPS) is 18.9. The topological polar surface area (TPSA) is 29.3 Å². The van der Waals surface area contributed by atoms with Crippen LogP contribution < -0.4 is 10.6 Å². The van der Waals surface area contributed by atoms with Crippen molar-refractivity contribution in [2.75, 3.05) is 23.7 Å². The highest BCUT2D eigenvalue weighted by molar-refractivity contribution is 5.60. The maximum absolute atomic E-state index is 13.1. The quantitative estimate of drug-likeness (QED) is 0.831. The first-order chi connectivity index (χ1) is 8.95. The minimum Gasteiger partial charge on any atom is -0.399 e. The van der Waals surface area contributed by atoms with Crippen molar-refractivity contribution in [3.05, 3.63) is 23.8 Å². The number of benzene rings is 1. The summed E-state index contributed by atoms with van der Waals surface area (Å²) in [6.45, 7) is 6.16. The van der Waals surface area contributed by atoms with Gasteiger partial charge in [0.15, 0.2) is 0 Å². The van der Waals surface area contributed by atoms with Gasteiger partial charge in [0.25, 0.3) is 6.43 Å². The average Bonchev–Trinajstić information content (AvgIpc) is 2.40. The molecule has 1 fully saturated rings. The molecule has 1 saturated heterocycles. The standard InChI is InChI=1S/C15H22F2N2/c1-3-15(2)6-8-19(9-7-15)13-5-4-11(18)10-12(13)14(16)17/h4-5,10,14H,3,6-9,18H2,1-2H3. The maximum atomic E-state index is 13.1. The zero-order valence-electron chi connectivity index (χ0n) is 11.6. The second-order valence-corrected chi connectivity index (χ2v) is 5.77. The number of nitrogens with zero attached hydrogens (tertiary/aromatic N) is 1. The lowest BCUT2D eigenvalue weighted by Gasteiger charge is -2.40. The van der Waals surface area contributed by atoms with E-state index in [1.165, 1.54) is 6.07 Å². The van der Waals surface area contributed by atoms with Gasteiger partial charge in [0.2, 0.25) is 0 Å². The number of hydrogen-bond acceptors (Lipinski definition) is 2. The summed E-state index contributed by atoms with van der Waals surface area (Å²) in [6.07, 6.45) is 0.773. The Morgan fingerprint density at radius 2 is 1.95 bits per heavy atom. The summed E-state index contributed by atoms with van der Waals surface area (Å²) in [6, 6.07) is 4.83. The monoisotopic (exact) mass is 268 g/mol. The minimum absolute atomic E-state index is 0.0556. The third kappa shape index (κ3) is 2.99. The van der Waals surface area contributed by atoms with Gasteiger partial charge in [0, 0.05) is 30.0 Å². The van der Waals surface area contributed by atoms with Crippen molar-refractivity contribution in [1.82, 2.24) is 0 Å². The number of halogens is 2. The summed E-state index contributed by atoms with van der Waals surface area (Å²) in [5, 5.41) is 0. The summed E-state index contributed by atoms with van der Waals surface area (Å²) in [7, 11) is 0. The van der Waals surface area contributed by atoms with E-state index in [2.05, 4.69) is 18.7 Å². The van der Waals surface area contributed by atoms with Gasteiger partial charge in [-0.15, -0.1) is 0 Å². The van der Waals surface area contributed by atoms with Gasteiger partial charge in [-0.25, -0.2) is 8.78 Å².